The number of amides is 1. The molecule has 1 saturated heterocycles. The lowest BCUT2D eigenvalue weighted by molar-refractivity contribution is -0.389. The summed E-state index contributed by atoms with van der Waals surface area (Å²) in [6.07, 6.45) is -0.123. The predicted molar refractivity (Wildman–Crippen MR) is 80.4 cm³/mol. The lowest BCUT2D eigenvalue weighted by Crippen LogP contribution is -2.44. The van der Waals surface area contributed by atoms with E-state index in [2.05, 4.69) is 15.0 Å². The molecular formula is C11H14ClN7O5. The number of nitro groups is 1. The van der Waals surface area contributed by atoms with Crippen molar-refractivity contribution < 1.29 is 19.6 Å². The third kappa shape index (κ3) is 4.25. The van der Waals surface area contributed by atoms with Crippen LogP contribution in [0.25, 0.3) is 10.4 Å². The fraction of sp³-hybridized carbons (Fsp3) is 0.636. The quantitative estimate of drug-likeness (QED) is 0.254. The third-order valence-corrected chi connectivity index (χ3v) is 3.54. The minimum Gasteiger partial charge on any atom is -0.444 e. The van der Waals surface area contributed by atoms with Crippen LogP contribution in [0, 0.1) is 10.1 Å². The third-order valence-electron chi connectivity index (χ3n) is 3.24. The Balaban J connectivity index is 2.02. The topological polar surface area (TPSA) is 159 Å². The number of carbonyl (C=O) groups is 1. The van der Waals surface area contributed by atoms with Crippen LogP contribution in [0.1, 0.15) is 6.92 Å². The first-order valence-corrected chi connectivity index (χ1v) is 7.15. The number of imidazole rings is 1. The average molecular weight is 360 g/mol. The predicted octanol–water partition coefficient (Wildman–Crippen LogP) is 1.33. The lowest BCUT2D eigenvalue weighted by atomic mass is 10.1. The molecule has 1 fully saturated rings. The second kappa shape index (κ2) is 6.91. The van der Waals surface area contributed by atoms with Gasteiger partial charge in [0, 0.05) is 4.91 Å². The second-order valence-electron chi connectivity index (χ2n) is 5.55. The van der Waals surface area contributed by atoms with Crippen LogP contribution in [-0.4, -0.2) is 61.9 Å². The van der Waals surface area contributed by atoms with E-state index in [4.69, 9.17) is 21.9 Å². The minimum absolute atomic E-state index is 0.000423. The molecule has 0 aromatic carbocycles. The Labute approximate surface area is 140 Å². The normalized spacial score (nSPS) is 19.5. The Morgan fingerprint density at radius 3 is 3.00 bits per heavy atom. The lowest BCUT2D eigenvalue weighted by Gasteiger charge is -2.27. The number of rotatable bonds is 7. The van der Waals surface area contributed by atoms with Gasteiger partial charge < -0.3 is 24.9 Å². The molecule has 1 aromatic heterocycles. The summed E-state index contributed by atoms with van der Waals surface area (Å²) in [6, 6.07) is 0. The van der Waals surface area contributed by atoms with E-state index in [-0.39, 0.29) is 31.5 Å². The molecule has 2 rings (SSSR count). The van der Waals surface area contributed by atoms with Crippen molar-refractivity contribution in [3.63, 3.8) is 0 Å². The fourth-order valence-electron chi connectivity index (χ4n) is 2.33. The molecule has 12 nitrogen and oxygen atoms in total. The molecule has 130 valence electrons. The van der Waals surface area contributed by atoms with Crippen molar-refractivity contribution in [1.29, 1.82) is 0 Å². The van der Waals surface area contributed by atoms with Crippen LogP contribution < -0.4 is 0 Å². The van der Waals surface area contributed by atoms with E-state index in [1.54, 1.807) is 0 Å². The molecule has 1 amide bonds. The van der Waals surface area contributed by atoms with Crippen molar-refractivity contribution in [2.45, 2.75) is 25.2 Å². The molecule has 2 heterocycles. The zero-order valence-electron chi connectivity index (χ0n) is 12.6. The zero-order valence-corrected chi connectivity index (χ0v) is 13.3. The Hall–Kier alpha value is -2.56. The smallest absolute Gasteiger partial charge is 0.410 e. The summed E-state index contributed by atoms with van der Waals surface area (Å²) in [5.41, 5.74) is 6.83. The number of aliphatic hydroxyl groups is 1. The number of nitrogens with zero attached hydrogens (tertiary/aromatic N) is 7. The monoisotopic (exact) mass is 359 g/mol. The Morgan fingerprint density at radius 1 is 1.71 bits per heavy atom. The van der Waals surface area contributed by atoms with Gasteiger partial charge in [0.2, 0.25) is 0 Å². The summed E-state index contributed by atoms with van der Waals surface area (Å²) in [5, 5.41) is 24.3. The van der Waals surface area contributed by atoms with Gasteiger partial charge in [0.05, 0.1) is 31.8 Å². The van der Waals surface area contributed by atoms with Crippen molar-refractivity contribution in [2.24, 2.45) is 5.11 Å². The number of halogens is 1. The molecule has 0 aliphatic carbocycles. The number of aromatic nitrogens is 2. The number of β-amino-alcohol motifs (C(OH)–C–C–N with tert-alkyl or cyclic N) is 1. The van der Waals surface area contributed by atoms with Crippen molar-refractivity contribution in [2.75, 3.05) is 19.6 Å². The number of ether oxygens (including phenoxy) is 1. The molecule has 1 aliphatic heterocycles. The molecule has 2 atom stereocenters. The molecule has 0 spiro atoms. The zero-order chi connectivity index (χ0) is 17.9. The van der Waals surface area contributed by atoms with Crippen LogP contribution in [0.5, 0.6) is 0 Å². The highest BCUT2D eigenvalue weighted by Gasteiger charge is 2.36. The highest BCUT2D eigenvalue weighted by molar-refractivity contribution is 6.28. The standard InChI is InChI=1S/C11H14ClN7O5/c1-11(21,5-17-4-8(19(22)23)15-9(17)12)6-18-3-7(2-14-16-13)24-10(18)20/h4,7,21H,2-3,5-6H2,1H3. The van der Waals surface area contributed by atoms with Gasteiger partial charge in [0.25, 0.3) is 0 Å². The minimum atomic E-state index is -1.44. The molecule has 1 aliphatic rings. The highest BCUT2D eigenvalue weighted by Crippen LogP contribution is 2.21. The number of carbonyl (C=O) groups excluding carboxylic acids is 1. The fourth-order valence-corrected chi connectivity index (χ4v) is 2.53. The summed E-state index contributed by atoms with van der Waals surface area (Å²) in [4.78, 5) is 29.1. The van der Waals surface area contributed by atoms with E-state index in [0.29, 0.717) is 0 Å². The number of hydrogen-bond acceptors (Lipinski definition) is 7. The van der Waals surface area contributed by atoms with Gasteiger partial charge in [-0.3, -0.25) is 4.57 Å². The molecule has 2 unspecified atom stereocenters. The molecule has 13 heteroatoms. The SMILES string of the molecule is CC(O)(CN1CC(CN=[N+]=[N-])OC1=O)Cn1cc([N+](=O)[O-])nc1Cl. The molecule has 1 aromatic rings. The van der Waals surface area contributed by atoms with E-state index < -0.39 is 28.5 Å². The van der Waals surface area contributed by atoms with E-state index in [9.17, 15) is 20.0 Å². The summed E-state index contributed by atoms with van der Waals surface area (Å²) in [7, 11) is 0. The van der Waals surface area contributed by atoms with Crippen molar-refractivity contribution in [3.05, 3.63) is 32.0 Å². The van der Waals surface area contributed by atoms with E-state index >= 15 is 0 Å². The number of cyclic esters (lactones) is 1. The summed E-state index contributed by atoms with van der Waals surface area (Å²) in [6.45, 7) is 1.40. The number of hydrogen-bond donors (Lipinski definition) is 1. The van der Waals surface area contributed by atoms with Crippen molar-refractivity contribution in [1.82, 2.24) is 14.5 Å². The van der Waals surface area contributed by atoms with Gasteiger partial charge >= 0.3 is 17.2 Å². The molecule has 1 N–H and O–H groups in total. The van der Waals surface area contributed by atoms with Crippen molar-refractivity contribution in [3.8, 4) is 0 Å². The van der Waals surface area contributed by atoms with Gasteiger partial charge in [0.15, 0.2) is 0 Å². The summed E-state index contributed by atoms with van der Waals surface area (Å²) < 4.78 is 6.23. The Bertz CT molecular complexity index is 699. The van der Waals surface area contributed by atoms with Gasteiger partial charge in [-0.25, -0.2) is 4.79 Å². The highest BCUT2D eigenvalue weighted by atomic mass is 35.5. The molecule has 0 saturated carbocycles. The van der Waals surface area contributed by atoms with Gasteiger partial charge in [-0.15, -0.1) is 0 Å². The first-order chi connectivity index (χ1) is 11.2. The van der Waals surface area contributed by atoms with Crippen LogP contribution in [-0.2, 0) is 11.3 Å². The van der Waals surface area contributed by atoms with Gasteiger partial charge in [-0.05, 0) is 34.0 Å². The maximum Gasteiger partial charge on any atom is 0.410 e. The Morgan fingerprint density at radius 2 is 2.42 bits per heavy atom. The van der Waals surface area contributed by atoms with Crippen LogP contribution >= 0.6 is 11.6 Å². The average Bonchev–Trinajstić information content (AvgIpc) is 3.00. The van der Waals surface area contributed by atoms with Gasteiger partial charge in [-0.2, -0.15) is 0 Å². The van der Waals surface area contributed by atoms with E-state index in [1.807, 2.05) is 0 Å². The van der Waals surface area contributed by atoms with Crippen LogP contribution in [0.3, 0.4) is 0 Å². The first-order valence-electron chi connectivity index (χ1n) is 6.78. The second-order valence-corrected chi connectivity index (χ2v) is 5.89. The molecule has 24 heavy (non-hydrogen) atoms. The first kappa shape index (κ1) is 17.8. The summed E-state index contributed by atoms with van der Waals surface area (Å²) >= 11 is 5.81. The van der Waals surface area contributed by atoms with Crippen molar-refractivity contribution >= 4 is 23.5 Å². The maximum atomic E-state index is 11.8. The van der Waals surface area contributed by atoms with Gasteiger partial charge in [0.1, 0.15) is 12.3 Å². The van der Waals surface area contributed by atoms with E-state index in [1.165, 1.54) is 16.4 Å². The van der Waals surface area contributed by atoms with Crippen LogP contribution in [0.4, 0.5) is 10.6 Å². The maximum absolute atomic E-state index is 11.8. The van der Waals surface area contributed by atoms with Gasteiger partial charge in [-0.1, -0.05) is 5.11 Å². The Kier molecular flexibility index (Phi) is 5.12. The molecule has 0 radical (unpaired) electrons. The summed E-state index contributed by atoms with van der Waals surface area (Å²) in [5.74, 6) is -0.439. The largest absolute Gasteiger partial charge is 0.444 e. The molecule has 0 bridgehead atoms. The molecular weight excluding hydrogens is 346 g/mol. The van der Waals surface area contributed by atoms with Crippen LogP contribution in [0.2, 0.25) is 5.28 Å². The van der Waals surface area contributed by atoms with E-state index in [0.717, 1.165) is 6.20 Å². The number of azide groups is 1. The van der Waals surface area contributed by atoms with Crippen LogP contribution in [0.15, 0.2) is 11.3 Å².